The Labute approximate surface area is 166 Å². The van der Waals surface area contributed by atoms with Crippen LogP contribution in [0.25, 0.3) is 11.1 Å². The maximum atomic E-state index is 12.9. The van der Waals surface area contributed by atoms with E-state index in [0.29, 0.717) is 5.41 Å². The van der Waals surface area contributed by atoms with Crippen molar-refractivity contribution >= 4 is 17.2 Å². The Balaban J connectivity index is 1.26. The van der Waals surface area contributed by atoms with Crippen LogP contribution < -0.4 is 5.32 Å². The smallest absolute Gasteiger partial charge is 0.252 e. The minimum absolute atomic E-state index is 0.0999. The van der Waals surface area contributed by atoms with E-state index in [-0.39, 0.29) is 5.91 Å². The predicted octanol–water partition coefficient (Wildman–Crippen LogP) is 6.06. The van der Waals surface area contributed by atoms with Crippen LogP contribution in [0.3, 0.4) is 0 Å². The number of thiophene rings is 1. The van der Waals surface area contributed by atoms with E-state index < -0.39 is 0 Å². The van der Waals surface area contributed by atoms with E-state index in [0.717, 1.165) is 41.0 Å². The molecule has 0 spiro atoms. The normalized spacial score (nSPS) is 31.2. The van der Waals surface area contributed by atoms with Crippen LogP contribution in [0.2, 0.25) is 0 Å². The summed E-state index contributed by atoms with van der Waals surface area (Å²) >= 11 is 1.67. The molecule has 2 nitrogen and oxygen atoms in total. The maximum Gasteiger partial charge on any atom is 0.252 e. The summed E-state index contributed by atoms with van der Waals surface area (Å²) in [6.45, 7) is 2.94. The van der Waals surface area contributed by atoms with Crippen molar-refractivity contribution in [1.82, 2.24) is 5.32 Å². The molecule has 0 saturated heterocycles. The summed E-state index contributed by atoms with van der Waals surface area (Å²) in [6, 6.07) is 10.3. The van der Waals surface area contributed by atoms with Crippen molar-refractivity contribution in [2.75, 3.05) is 6.54 Å². The molecule has 142 valence electrons. The molecule has 4 fully saturated rings. The summed E-state index contributed by atoms with van der Waals surface area (Å²) in [6.07, 6.45) is 9.89. The minimum Gasteiger partial charge on any atom is -0.352 e. The summed E-state index contributed by atoms with van der Waals surface area (Å²) in [4.78, 5) is 14.1. The zero-order valence-corrected chi connectivity index (χ0v) is 17.0. The quantitative estimate of drug-likeness (QED) is 0.672. The van der Waals surface area contributed by atoms with E-state index in [9.17, 15) is 4.79 Å². The zero-order chi connectivity index (χ0) is 18.4. The fraction of sp³-hybridized carbons (Fsp3) is 0.542. The van der Waals surface area contributed by atoms with E-state index in [1.54, 1.807) is 11.3 Å². The first-order valence-corrected chi connectivity index (χ1v) is 11.4. The van der Waals surface area contributed by atoms with Crippen LogP contribution >= 0.6 is 11.3 Å². The van der Waals surface area contributed by atoms with Gasteiger partial charge in [-0.2, -0.15) is 0 Å². The molecule has 0 unspecified atom stereocenters. The molecule has 2 aromatic rings. The second-order valence-corrected chi connectivity index (χ2v) is 10.5. The summed E-state index contributed by atoms with van der Waals surface area (Å²) in [5.41, 5.74) is 3.62. The van der Waals surface area contributed by atoms with Crippen molar-refractivity contribution in [2.45, 2.75) is 51.9 Å². The highest BCUT2D eigenvalue weighted by Gasteiger charge is 2.50. The lowest BCUT2D eigenvalue weighted by atomic mass is 9.49. The molecular formula is C24H29NOS. The van der Waals surface area contributed by atoms with Gasteiger partial charge in [-0.05, 0) is 80.6 Å². The van der Waals surface area contributed by atoms with Crippen LogP contribution in [-0.2, 0) is 0 Å². The molecule has 6 rings (SSSR count). The molecule has 4 saturated carbocycles. The van der Waals surface area contributed by atoms with Crippen molar-refractivity contribution in [2.24, 2.45) is 23.2 Å². The van der Waals surface area contributed by atoms with E-state index in [2.05, 4.69) is 24.4 Å². The number of carbonyl (C=O) groups excluding carboxylic acids is 1. The van der Waals surface area contributed by atoms with Crippen LogP contribution in [-0.4, -0.2) is 12.5 Å². The molecule has 1 amide bonds. The molecule has 0 atom stereocenters. The lowest BCUT2D eigenvalue weighted by Gasteiger charge is -2.57. The van der Waals surface area contributed by atoms with Crippen LogP contribution in [0.1, 0.15) is 60.2 Å². The lowest BCUT2D eigenvalue weighted by Crippen LogP contribution is -2.47. The van der Waals surface area contributed by atoms with Gasteiger partial charge in [0, 0.05) is 22.4 Å². The fourth-order valence-corrected chi connectivity index (χ4v) is 7.58. The van der Waals surface area contributed by atoms with E-state index in [1.807, 2.05) is 23.6 Å². The minimum atomic E-state index is 0.0999. The third-order valence-electron chi connectivity index (χ3n) is 7.39. The Hall–Kier alpha value is -1.61. The molecular weight excluding hydrogens is 350 g/mol. The molecule has 0 aliphatic heterocycles. The number of amides is 1. The average molecular weight is 380 g/mol. The Morgan fingerprint density at radius 1 is 1.07 bits per heavy atom. The third-order valence-corrected chi connectivity index (χ3v) is 8.30. The maximum absolute atomic E-state index is 12.9. The molecule has 3 heteroatoms. The highest BCUT2D eigenvalue weighted by Crippen LogP contribution is 2.61. The number of hydrogen-bond acceptors (Lipinski definition) is 2. The number of nitrogens with one attached hydrogen (secondary N) is 1. The van der Waals surface area contributed by atoms with Gasteiger partial charge in [-0.3, -0.25) is 4.79 Å². The monoisotopic (exact) mass is 379 g/mol. The van der Waals surface area contributed by atoms with Gasteiger partial charge in [0.25, 0.3) is 5.91 Å². The number of rotatable bonds is 5. The topological polar surface area (TPSA) is 29.1 Å². The average Bonchev–Trinajstić information content (AvgIpc) is 3.03. The molecule has 4 aliphatic carbocycles. The first-order chi connectivity index (χ1) is 13.1. The summed E-state index contributed by atoms with van der Waals surface area (Å²) in [5.74, 6) is 3.05. The van der Waals surface area contributed by atoms with Gasteiger partial charge < -0.3 is 5.32 Å². The van der Waals surface area contributed by atoms with Crippen molar-refractivity contribution in [3.63, 3.8) is 0 Å². The van der Waals surface area contributed by atoms with Gasteiger partial charge in [0.05, 0.1) is 5.56 Å². The van der Waals surface area contributed by atoms with E-state index >= 15 is 0 Å². The summed E-state index contributed by atoms with van der Waals surface area (Å²) in [7, 11) is 0. The number of benzene rings is 1. The standard InChI is InChI=1S/C24H29NOS/c1-16-22(20-5-3-2-4-6-20)21(15-27-16)23(26)25-8-7-24-12-17-9-18(13-24)11-19(10-17)14-24/h2-6,15,17-19H,7-14H2,1H3,(H,25,26). The molecule has 1 aromatic carbocycles. The zero-order valence-electron chi connectivity index (χ0n) is 16.2. The van der Waals surface area contributed by atoms with Gasteiger partial charge >= 0.3 is 0 Å². The van der Waals surface area contributed by atoms with Gasteiger partial charge in [0.1, 0.15) is 0 Å². The first-order valence-electron chi connectivity index (χ1n) is 10.5. The van der Waals surface area contributed by atoms with E-state index in [1.165, 1.54) is 49.8 Å². The van der Waals surface area contributed by atoms with Gasteiger partial charge in [-0.1, -0.05) is 30.3 Å². The Morgan fingerprint density at radius 2 is 1.70 bits per heavy atom. The van der Waals surface area contributed by atoms with Crippen LogP contribution in [0, 0.1) is 30.1 Å². The SMILES string of the molecule is Cc1scc(C(=O)NCCC23CC4CC(CC(C4)C2)C3)c1-c1ccccc1. The fourth-order valence-electron chi connectivity index (χ4n) is 6.72. The van der Waals surface area contributed by atoms with Crippen LogP contribution in [0.15, 0.2) is 35.7 Å². The van der Waals surface area contributed by atoms with Crippen molar-refractivity contribution < 1.29 is 4.79 Å². The molecule has 0 radical (unpaired) electrons. The van der Waals surface area contributed by atoms with Crippen LogP contribution in [0.5, 0.6) is 0 Å². The van der Waals surface area contributed by atoms with Gasteiger partial charge in [0.15, 0.2) is 0 Å². The number of aryl methyl sites for hydroxylation is 1. The predicted molar refractivity (Wildman–Crippen MR) is 112 cm³/mol. The molecule has 1 N–H and O–H groups in total. The van der Waals surface area contributed by atoms with Crippen molar-refractivity contribution in [1.29, 1.82) is 0 Å². The molecule has 4 aliphatic rings. The second-order valence-electron chi connectivity index (χ2n) is 9.37. The van der Waals surface area contributed by atoms with Gasteiger partial charge in [-0.15, -0.1) is 11.3 Å². The highest BCUT2D eigenvalue weighted by molar-refractivity contribution is 7.10. The molecule has 27 heavy (non-hydrogen) atoms. The number of carbonyl (C=O) groups is 1. The lowest BCUT2D eigenvalue weighted by molar-refractivity contribution is -0.0564. The summed E-state index contributed by atoms with van der Waals surface area (Å²) in [5, 5.41) is 5.29. The van der Waals surface area contributed by atoms with Crippen molar-refractivity contribution in [3.05, 3.63) is 46.2 Å². The molecule has 4 bridgehead atoms. The van der Waals surface area contributed by atoms with Crippen molar-refractivity contribution in [3.8, 4) is 11.1 Å². The van der Waals surface area contributed by atoms with E-state index in [4.69, 9.17) is 0 Å². The number of hydrogen-bond donors (Lipinski definition) is 1. The summed E-state index contributed by atoms with van der Waals surface area (Å²) < 4.78 is 0. The highest BCUT2D eigenvalue weighted by atomic mass is 32.1. The molecule has 1 aromatic heterocycles. The first kappa shape index (κ1) is 17.5. The molecule has 1 heterocycles. The Kier molecular flexibility index (Phi) is 4.39. The third kappa shape index (κ3) is 3.24. The van der Waals surface area contributed by atoms with Crippen LogP contribution in [0.4, 0.5) is 0 Å². The van der Waals surface area contributed by atoms with Gasteiger partial charge in [-0.25, -0.2) is 0 Å². The Morgan fingerprint density at radius 3 is 2.33 bits per heavy atom. The van der Waals surface area contributed by atoms with Gasteiger partial charge in [0.2, 0.25) is 0 Å². The largest absolute Gasteiger partial charge is 0.352 e. The second kappa shape index (κ2) is 6.77. The Bertz CT molecular complexity index is 802.